The fourth-order valence-electron chi connectivity index (χ4n) is 2.57. The molecule has 0 bridgehead atoms. The summed E-state index contributed by atoms with van der Waals surface area (Å²) in [5, 5.41) is 9.37. The number of nitrogens with one attached hydrogen (secondary N) is 1. The van der Waals surface area contributed by atoms with Gasteiger partial charge in [-0.25, -0.2) is 0 Å². The number of carbonyl (C=O) groups excluding carboxylic acids is 1. The quantitative estimate of drug-likeness (QED) is 0.938. The zero-order chi connectivity index (χ0) is 16.9. The van der Waals surface area contributed by atoms with Gasteiger partial charge in [-0.3, -0.25) is 14.8 Å². The Bertz CT molecular complexity index is 746. The molecule has 1 aliphatic heterocycles. The molecule has 1 aliphatic rings. The molecule has 0 radical (unpaired) electrons. The van der Waals surface area contributed by atoms with Crippen molar-refractivity contribution in [3.05, 3.63) is 59.9 Å². The molecule has 1 atom stereocenters. The van der Waals surface area contributed by atoms with Gasteiger partial charge in [0.1, 0.15) is 17.3 Å². The second kappa shape index (κ2) is 7.12. The van der Waals surface area contributed by atoms with Gasteiger partial charge in [0.25, 0.3) is 5.91 Å². The second-order valence-electron chi connectivity index (χ2n) is 5.72. The van der Waals surface area contributed by atoms with Crippen LogP contribution in [0.15, 0.2) is 53.8 Å². The van der Waals surface area contributed by atoms with E-state index in [1.165, 1.54) is 5.56 Å². The number of amidine groups is 1. The fraction of sp³-hybridized carbons (Fsp3) is 0.278. The molecule has 1 N–H and O–H groups in total. The number of methoxy groups -OCH3 is 1. The Kier molecular flexibility index (Phi) is 4.74. The molecular formula is C18H20N4O2. The zero-order valence-corrected chi connectivity index (χ0v) is 13.8. The molecule has 6 nitrogen and oxygen atoms in total. The van der Waals surface area contributed by atoms with E-state index in [1.807, 2.05) is 23.2 Å². The summed E-state index contributed by atoms with van der Waals surface area (Å²) in [7, 11) is 1.56. The minimum atomic E-state index is -0.276. The number of hydrogen-bond acceptors (Lipinski definition) is 5. The molecular weight excluding hydrogens is 304 g/mol. The summed E-state index contributed by atoms with van der Waals surface area (Å²) in [5.41, 5.74) is 1.50. The van der Waals surface area contributed by atoms with Gasteiger partial charge >= 0.3 is 0 Å². The Morgan fingerprint density at radius 1 is 1.33 bits per heavy atom. The van der Waals surface area contributed by atoms with E-state index in [2.05, 4.69) is 34.5 Å². The maximum absolute atomic E-state index is 12.3. The minimum absolute atomic E-state index is 0.235. The molecule has 2 heterocycles. The molecule has 6 heteroatoms. The molecule has 0 saturated heterocycles. The average molecular weight is 324 g/mol. The predicted octanol–water partition coefficient (Wildman–Crippen LogP) is 2.43. The number of ether oxygens (including phenoxy) is 1. The molecule has 0 saturated carbocycles. The van der Waals surface area contributed by atoms with Gasteiger partial charge in [0.05, 0.1) is 19.7 Å². The van der Waals surface area contributed by atoms with E-state index in [0.717, 1.165) is 6.54 Å². The Balaban J connectivity index is 1.66. The molecule has 24 heavy (non-hydrogen) atoms. The van der Waals surface area contributed by atoms with Crippen molar-refractivity contribution in [3.63, 3.8) is 0 Å². The SMILES string of the molecule is COc1ccnc(C(=O)NC2=NN(Cc3ccccc3)[C@@H](C)C2)c1. The summed E-state index contributed by atoms with van der Waals surface area (Å²) in [6, 6.07) is 13.7. The standard InChI is InChI=1S/C18H20N4O2/c1-13-10-17(21-22(13)12-14-6-4-3-5-7-14)20-18(23)16-11-15(24-2)8-9-19-16/h3-9,11,13H,10,12H2,1-2H3,(H,20,21,23)/t13-/m0/s1. The van der Waals surface area contributed by atoms with Crippen molar-refractivity contribution in [1.82, 2.24) is 15.3 Å². The second-order valence-corrected chi connectivity index (χ2v) is 5.72. The van der Waals surface area contributed by atoms with Gasteiger partial charge < -0.3 is 10.1 Å². The first-order valence-electron chi connectivity index (χ1n) is 7.85. The van der Waals surface area contributed by atoms with Gasteiger partial charge in [0.2, 0.25) is 0 Å². The van der Waals surface area contributed by atoms with Crippen LogP contribution < -0.4 is 10.1 Å². The monoisotopic (exact) mass is 324 g/mol. The highest BCUT2D eigenvalue weighted by molar-refractivity contribution is 6.06. The van der Waals surface area contributed by atoms with Crippen LogP contribution in [0.25, 0.3) is 0 Å². The van der Waals surface area contributed by atoms with Gasteiger partial charge in [-0.05, 0) is 18.6 Å². The lowest BCUT2D eigenvalue weighted by Crippen LogP contribution is -2.30. The van der Waals surface area contributed by atoms with Crippen molar-refractivity contribution in [2.24, 2.45) is 5.10 Å². The Morgan fingerprint density at radius 3 is 2.88 bits per heavy atom. The van der Waals surface area contributed by atoms with E-state index in [1.54, 1.807) is 25.4 Å². The summed E-state index contributed by atoms with van der Waals surface area (Å²) < 4.78 is 5.12. The molecule has 0 unspecified atom stereocenters. The van der Waals surface area contributed by atoms with Gasteiger partial charge in [0.15, 0.2) is 0 Å². The van der Waals surface area contributed by atoms with Crippen LogP contribution in [0.2, 0.25) is 0 Å². The number of hydrogen-bond donors (Lipinski definition) is 1. The predicted molar refractivity (Wildman–Crippen MR) is 91.8 cm³/mol. The van der Waals surface area contributed by atoms with Gasteiger partial charge in [-0.2, -0.15) is 5.10 Å². The first kappa shape index (κ1) is 16.0. The Hall–Kier alpha value is -2.89. The van der Waals surface area contributed by atoms with Crippen LogP contribution in [0.5, 0.6) is 5.75 Å². The van der Waals surface area contributed by atoms with Crippen LogP contribution in [0.3, 0.4) is 0 Å². The van der Waals surface area contributed by atoms with E-state index in [4.69, 9.17) is 4.74 Å². The average Bonchev–Trinajstić information content (AvgIpc) is 2.95. The van der Waals surface area contributed by atoms with E-state index < -0.39 is 0 Å². The fourth-order valence-corrected chi connectivity index (χ4v) is 2.57. The largest absolute Gasteiger partial charge is 0.497 e. The van der Waals surface area contributed by atoms with E-state index in [0.29, 0.717) is 23.7 Å². The van der Waals surface area contributed by atoms with Crippen LogP contribution in [-0.4, -0.2) is 34.9 Å². The molecule has 124 valence electrons. The third-order valence-corrected chi connectivity index (χ3v) is 3.89. The first-order valence-corrected chi connectivity index (χ1v) is 7.85. The highest BCUT2D eigenvalue weighted by Gasteiger charge is 2.24. The maximum Gasteiger partial charge on any atom is 0.275 e. The summed E-state index contributed by atoms with van der Waals surface area (Å²) in [6.07, 6.45) is 2.25. The van der Waals surface area contributed by atoms with E-state index in [9.17, 15) is 4.79 Å². The first-order chi connectivity index (χ1) is 11.7. The van der Waals surface area contributed by atoms with Crippen LogP contribution in [0.4, 0.5) is 0 Å². The number of carbonyl (C=O) groups is 1. The third kappa shape index (κ3) is 3.71. The summed E-state index contributed by atoms with van der Waals surface area (Å²) in [6.45, 7) is 2.81. The molecule has 0 spiro atoms. The molecule has 0 aliphatic carbocycles. The van der Waals surface area contributed by atoms with Gasteiger partial charge in [0, 0.05) is 18.7 Å². The summed E-state index contributed by atoms with van der Waals surface area (Å²) in [5.74, 6) is 0.983. The summed E-state index contributed by atoms with van der Waals surface area (Å²) >= 11 is 0. The van der Waals surface area contributed by atoms with Crippen LogP contribution in [0.1, 0.15) is 29.4 Å². The molecule has 1 amide bonds. The van der Waals surface area contributed by atoms with Crippen molar-refractivity contribution in [2.45, 2.75) is 25.9 Å². The number of amides is 1. The molecule has 1 aromatic heterocycles. The van der Waals surface area contributed by atoms with Crippen molar-refractivity contribution < 1.29 is 9.53 Å². The number of benzene rings is 1. The topological polar surface area (TPSA) is 66.8 Å². The van der Waals surface area contributed by atoms with Gasteiger partial charge in [-0.15, -0.1) is 0 Å². The van der Waals surface area contributed by atoms with Crippen LogP contribution >= 0.6 is 0 Å². The van der Waals surface area contributed by atoms with E-state index >= 15 is 0 Å². The van der Waals surface area contributed by atoms with Crippen LogP contribution in [-0.2, 0) is 6.54 Å². The third-order valence-electron chi connectivity index (χ3n) is 3.89. The van der Waals surface area contributed by atoms with Crippen molar-refractivity contribution >= 4 is 11.7 Å². The lowest BCUT2D eigenvalue weighted by Gasteiger charge is -2.19. The van der Waals surface area contributed by atoms with E-state index in [-0.39, 0.29) is 11.9 Å². The normalized spacial score (nSPS) is 16.7. The van der Waals surface area contributed by atoms with Crippen molar-refractivity contribution in [3.8, 4) is 5.75 Å². The zero-order valence-electron chi connectivity index (χ0n) is 13.8. The molecule has 2 aromatic rings. The molecule has 1 aromatic carbocycles. The van der Waals surface area contributed by atoms with Gasteiger partial charge in [-0.1, -0.05) is 30.3 Å². The highest BCUT2D eigenvalue weighted by Crippen LogP contribution is 2.18. The Labute approximate surface area is 141 Å². The number of hydrazone groups is 1. The lowest BCUT2D eigenvalue weighted by atomic mass is 10.2. The lowest BCUT2D eigenvalue weighted by molar-refractivity contribution is 0.0971. The number of aromatic nitrogens is 1. The minimum Gasteiger partial charge on any atom is -0.497 e. The molecule has 3 rings (SSSR count). The Morgan fingerprint density at radius 2 is 2.12 bits per heavy atom. The number of pyridine rings is 1. The van der Waals surface area contributed by atoms with Crippen molar-refractivity contribution in [1.29, 1.82) is 0 Å². The maximum atomic E-state index is 12.3. The number of nitrogens with zero attached hydrogens (tertiary/aromatic N) is 3. The number of rotatable bonds is 4. The highest BCUT2D eigenvalue weighted by atomic mass is 16.5. The molecule has 0 fully saturated rings. The summed E-state index contributed by atoms with van der Waals surface area (Å²) in [4.78, 5) is 16.4. The van der Waals surface area contributed by atoms with Crippen LogP contribution in [0, 0.1) is 0 Å². The van der Waals surface area contributed by atoms with Crippen molar-refractivity contribution in [2.75, 3.05) is 7.11 Å². The smallest absolute Gasteiger partial charge is 0.275 e.